The molecule has 1 spiro atoms. The molecule has 1 heteroatoms. The van der Waals surface area contributed by atoms with Crippen molar-refractivity contribution in [2.45, 2.75) is 57.3 Å². The van der Waals surface area contributed by atoms with Gasteiger partial charge in [0.25, 0.3) is 0 Å². The Morgan fingerprint density at radius 3 is 2.00 bits per heavy atom. The zero-order valence-electron chi connectivity index (χ0n) is 36.8. The Hall–Kier alpha value is -7.40. The van der Waals surface area contributed by atoms with Gasteiger partial charge in [-0.25, -0.2) is 0 Å². The molecule has 8 aromatic rings. The third-order valence-corrected chi connectivity index (χ3v) is 15.1. The molecule has 0 saturated heterocycles. The molecule has 0 bridgehead atoms. The summed E-state index contributed by atoms with van der Waals surface area (Å²) in [5.74, 6) is 2.79. The van der Waals surface area contributed by atoms with Crippen LogP contribution in [0.15, 0.2) is 199 Å². The second-order valence-corrected chi connectivity index (χ2v) is 18.5. The van der Waals surface area contributed by atoms with Crippen molar-refractivity contribution in [1.29, 1.82) is 0 Å². The van der Waals surface area contributed by atoms with Crippen LogP contribution in [-0.2, 0) is 17.3 Å². The minimum absolute atomic E-state index is 0.157. The van der Waals surface area contributed by atoms with Gasteiger partial charge in [-0.3, -0.25) is 0 Å². The first kappa shape index (κ1) is 38.3. The monoisotopic (exact) mass is 819 g/mol. The van der Waals surface area contributed by atoms with Gasteiger partial charge in [-0.15, -0.1) is 12.3 Å². The van der Waals surface area contributed by atoms with Gasteiger partial charge in [-0.2, -0.15) is 0 Å². The first-order valence-electron chi connectivity index (χ1n) is 22.9. The molecule has 0 N–H and O–H groups in total. The molecule has 64 heavy (non-hydrogen) atoms. The van der Waals surface area contributed by atoms with Crippen molar-refractivity contribution in [2.24, 2.45) is 0 Å². The van der Waals surface area contributed by atoms with E-state index in [0.717, 1.165) is 30.6 Å². The molecule has 0 unspecified atom stereocenters. The van der Waals surface area contributed by atoms with Crippen molar-refractivity contribution < 1.29 is 0 Å². The number of allylic oxidation sites excluding steroid dienone is 8. The highest BCUT2D eigenvalue weighted by Gasteiger charge is 2.52. The second kappa shape index (κ2) is 14.6. The van der Waals surface area contributed by atoms with Gasteiger partial charge in [0.05, 0.1) is 11.1 Å². The summed E-state index contributed by atoms with van der Waals surface area (Å²) in [6.45, 7) is 7.02. The van der Waals surface area contributed by atoms with E-state index in [1.54, 1.807) is 0 Å². The average Bonchev–Trinajstić information content (AvgIpc) is 3.74. The standard InChI is InChI=1S/C63H49N/c1-5-6-8-22-48-41(2)62(3,4)59-39-47(35-36-51(48)59)64(46-33-29-43(30-34-46)42-18-9-7-10-19-42)60-28-17-27-58-61(60)52-25-15-16-26-55(52)63(58)56-37-31-44-20-11-13-23-49(44)53(56)40-54-50-24-14-12-21-45(50)32-38-57(54)63/h1,7-15,17-25,27-39H,6,16,26,40H2,2-4H3/b22-8-. The van der Waals surface area contributed by atoms with Crippen molar-refractivity contribution in [3.8, 4) is 23.5 Å². The molecule has 1 nitrogen and oxygen atoms in total. The van der Waals surface area contributed by atoms with Crippen molar-refractivity contribution >= 4 is 49.8 Å². The van der Waals surface area contributed by atoms with Gasteiger partial charge in [-0.05, 0) is 145 Å². The van der Waals surface area contributed by atoms with E-state index >= 15 is 0 Å². The highest BCUT2D eigenvalue weighted by molar-refractivity contribution is 6.02. The zero-order valence-corrected chi connectivity index (χ0v) is 36.8. The van der Waals surface area contributed by atoms with Crippen LogP contribution >= 0.6 is 0 Å². The third kappa shape index (κ3) is 5.45. The summed E-state index contributed by atoms with van der Waals surface area (Å²) in [6.07, 6.45) is 18.4. The molecule has 4 aliphatic carbocycles. The number of hydrogen-bond acceptors (Lipinski definition) is 1. The van der Waals surface area contributed by atoms with Crippen LogP contribution in [0.2, 0.25) is 0 Å². The Morgan fingerprint density at radius 1 is 0.641 bits per heavy atom. The molecular formula is C63H49N. The summed E-state index contributed by atoms with van der Waals surface area (Å²) in [4.78, 5) is 2.54. The van der Waals surface area contributed by atoms with Crippen molar-refractivity contribution in [3.63, 3.8) is 0 Å². The number of benzene rings is 8. The zero-order chi connectivity index (χ0) is 43.2. The van der Waals surface area contributed by atoms with Crippen LogP contribution in [0, 0.1) is 12.3 Å². The lowest BCUT2D eigenvalue weighted by atomic mass is 9.59. The molecule has 0 atom stereocenters. The fourth-order valence-electron chi connectivity index (χ4n) is 11.9. The maximum Gasteiger partial charge on any atom is 0.0683 e. The van der Waals surface area contributed by atoms with Gasteiger partial charge in [0.15, 0.2) is 0 Å². The molecule has 8 aromatic carbocycles. The Kier molecular flexibility index (Phi) is 8.73. The van der Waals surface area contributed by atoms with Gasteiger partial charge in [0, 0.05) is 28.8 Å². The quantitative estimate of drug-likeness (QED) is 0.151. The Bertz CT molecular complexity index is 3330. The van der Waals surface area contributed by atoms with Crippen LogP contribution in [0.4, 0.5) is 17.1 Å². The number of terminal acetylenes is 1. The van der Waals surface area contributed by atoms with Gasteiger partial charge in [-0.1, -0.05) is 177 Å². The molecule has 0 saturated carbocycles. The minimum atomic E-state index is -0.453. The fraction of sp³-hybridized carbons (Fsp3) is 0.143. The molecule has 306 valence electrons. The SMILES string of the molecule is C#CC/C=C\C1=C(C)C(C)(C)c2cc(N(c3ccc(-c4ccccc4)cc3)c3cccc4c3C3=C(CCC=C3)C43c4ccc5ccccc5c4Cc4c3ccc3ccccc43)ccc21. The van der Waals surface area contributed by atoms with E-state index in [0.29, 0.717) is 6.42 Å². The number of anilines is 3. The molecule has 4 aliphatic rings. The van der Waals surface area contributed by atoms with Gasteiger partial charge < -0.3 is 4.90 Å². The largest absolute Gasteiger partial charge is 0.310 e. The van der Waals surface area contributed by atoms with Gasteiger partial charge in [0.1, 0.15) is 0 Å². The van der Waals surface area contributed by atoms with E-state index in [1.165, 1.54) is 105 Å². The summed E-state index contributed by atoms with van der Waals surface area (Å²) in [6, 6.07) is 62.0. The Labute approximate surface area is 377 Å². The predicted octanol–water partition coefficient (Wildman–Crippen LogP) is 16.1. The number of fused-ring (bicyclic) bond motifs is 13. The summed E-state index contributed by atoms with van der Waals surface area (Å²) in [5, 5.41) is 5.31. The molecule has 0 amide bonds. The van der Waals surface area contributed by atoms with Crippen LogP contribution in [-0.4, -0.2) is 0 Å². The first-order valence-corrected chi connectivity index (χ1v) is 22.9. The third-order valence-electron chi connectivity index (χ3n) is 15.1. The molecular weight excluding hydrogens is 771 g/mol. The number of rotatable bonds is 6. The lowest BCUT2D eigenvalue weighted by molar-refractivity contribution is 0.639. The average molecular weight is 820 g/mol. The Balaban J connectivity index is 1.14. The molecule has 0 heterocycles. The van der Waals surface area contributed by atoms with Crippen molar-refractivity contribution in [2.75, 3.05) is 4.90 Å². The highest BCUT2D eigenvalue weighted by Crippen LogP contribution is 2.63. The Morgan fingerprint density at radius 2 is 1.30 bits per heavy atom. The molecule has 0 fully saturated rings. The maximum absolute atomic E-state index is 5.69. The minimum Gasteiger partial charge on any atom is -0.310 e. The summed E-state index contributed by atoms with van der Waals surface area (Å²) < 4.78 is 0. The van der Waals surface area contributed by atoms with E-state index in [4.69, 9.17) is 6.42 Å². The second-order valence-electron chi connectivity index (χ2n) is 18.5. The van der Waals surface area contributed by atoms with Crippen LogP contribution in [0.5, 0.6) is 0 Å². The van der Waals surface area contributed by atoms with E-state index in [2.05, 4.69) is 220 Å². The molecule has 0 aliphatic heterocycles. The summed E-state index contributed by atoms with van der Waals surface area (Å²) in [5.41, 5.74) is 21.9. The van der Waals surface area contributed by atoms with Gasteiger partial charge >= 0.3 is 0 Å². The van der Waals surface area contributed by atoms with E-state index in [1.807, 2.05) is 0 Å². The normalized spacial score (nSPS) is 16.2. The first-order chi connectivity index (χ1) is 31.4. The lowest BCUT2D eigenvalue weighted by Gasteiger charge is -2.43. The van der Waals surface area contributed by atoms with Crippen LogP contribution in [0.25, 0.3) is 43.8 Å². The van der Waals surface area contributed by atoms with Crippen molar-refractivity contribution in [3.05, 3.63) is 244 Å². The maximum atomic E-state index is 5.69. The lowest BCUT2D eigenvalue weighted by Crippen LogP contribution is -2.36. The van der Waals surface area contributed by atoms with Crippen LogP contribution < -0.4 is 4.90 Å². The molecule has 0 radical (unpaired) electrons. The van der Waals surface area contributed by atoms with Crippen LogP contribution in [0.3, 0.4) is 0 Å². The molecule has 12 rings (SSSR count). The predicted molar refractivity (Wildman–Crippen MR) is 271 cm³/mol. The highest BCUT2D eigenvalue weighted by atomic mass is 15.1. The van der Waals surface area contributed by atoms with E-state index in [9.17, 15) is 0 Å². The van der Waals surface area contributed by atoms with Crippen LogP contribution in [0.1, 0.15) is 84.5 Å². The van der Waals surface area contributed by atoms with Crippen molar-refractivity contribution in [1.82, 2.24) is 0 Å². The summed E-state index contributed by atoms with van der Waals surface area (Å²) in [7, 11) is 0. The van der Waals surface area contributed by atoms with E-state index < -0.39 is 5.41 Å². The molecule has 0 aromatic heterocycles. The number of hydrogen-bond donors (Lipinski definition) is 0. The topological polar surface area (TPSA) is 3.24 Å². The van der Waals surface area contributed by atoms with E-state index in [-0.39, 0.29) is 5.41 Å². The van der Waals surface area contributed by atoms with Gasteiger partial charge in [0.2, 0.25) is 0 Å². The fourth-order valence-corrected chi connectivity index (χ4v) is 11.9. The summed E-state index contributed by atoms with van der Waals surface area (Å²) >= 11 is 0. The number of nitrogens with zero attached hydrogens (tertiary/aromatic N) is 1. The smallest absolute Gasteiger partial charge is 0.0683 e.